The first kappa shape index (κ1) is 13.1. The molecule has 0 bridgehead atoms. The predicted molar refractivity (Wildman–Crippen MR) is 57.7 cm³/mol. The highest BCUT2D eigenvalue weighted by Crippen LogP contribution is 2.13. The van der Waals surface area contributed by atoms with E-state index < -0.39 is 0 Å². The number of nitrogens with two attached hydrogens (primary N) is 1. The Bertz CT molecular complexity index is 291. The molecule has 6 nitrogen and oxygen atoms in total. The summed E-state index contributed by atoms with van der Waals surface area (Å²) in [6.45, 7) is 3.60. The van der Waals surface area contributed by atoms with Crippen LogP contribution in [0, 0.1) is 0 Å². The molecular formula is C10H19N3O3. The van der Waals surface area contributed by atoms with Crippen molar-refractivity contribution in [3.8, 4) is 0 Å². The Morgan fingerprint density at radius 3 is 3.00 bits per heavy atom. The van der Waals surface area contributed by atoms with Crippen molar-refractivity contribution >= 4 is 0 Å². The van der Waals surface area contributed by atoms with Crippen LogP contribution in [0.15, 0.2) is 4.52 Å². The van der Waals surface area contributed by atoms with E-state index in [1.54, 1.807) is 7.11 Å². The molecule has 0 saturated heterocycles. The topological polar surface area (TPSA) is 83.4 Å². The zero-order valence-corrected chi connectivity index (χ0v) is 9.81. The molecule has 0 spiro atoms. The van der Waals surface area contributed by atoms with Crippen LogP contribution in [-0.4, -0.2) is 30.5 Å². The number of hydrogen-bond acceptors (Lipinski definition) is 6. The second-order valence-corrected chi connectivity index (χ2v) is 3.43. The van der Waals surface area contributed by atoms with Crippen molar-refractivity contribution in [1.29, 1.82) is 0 Å². The van der Waals surface area contributed by atoms with Crippen molar-refractivity contribution in [3.63, 3.8) is 0 Å². The summed E-state index contributed by atoms with van der Waals surface area (Å²) in [6.07, 6.45) is 1.64. The lowest BCUT2D eigenvalue weighted by Gasteiger charge is -2.04. The van der Waals surface area contributed by atoms with E-state index in [2.05, 4.69) is 10.1 Å². The zero-order valence-electron chi connectivity index (χ0n) is 9.81. The Balaban J connectivity index is 2.37. The van der Waals surface area contributed by atoms with Crippen molar-refractivity contribution in [2.75, 3.05) is 20.3 Å². The van der Waals surface area contributed by atoms with Crippen molar-refractivity contribution in [1.82, 2.24) is 10.1 Å². The molecule has 1 rings (SSSR count). The molecule has 0 saturated carbocycles. The van der Waals surface area contributed by atoms with Crippen LogP contribution in [0.1, 0.15) is 37.5 Å². The van der Waals surface area contributed by atoms with E-state index in [4.69, 9.17) is 19.7 Å². The van der Waals surface area contributed by atoms with Crippen LogP contribution < -0.4 is 5.73 Å². The van der Waals surface area contributed by atoms with Crippen LogP contribution in [-0.2, 0) is 16.1 Å². The van der Waals surface area contributed by atoms with Gasteiger partial charge in [-0.05, 0) is 19.8 Å². The predicted octanol–water partition coefficient (Wildman–Crippen LogP) is 1.03. The highest BCUT2D eigenvalue weighted by molar-refractivity contribution is 4.90. The Hall–Kier alpha value is -0.980. The lowest BCUT2D eigenvalue weighted by Crippen LogP contribution is -2.11. The molecule has 0 aliphatic rings. The minimum absolute atomic E-state index is 0.224. The highest BCUT2D eigenvalue weighted by Gasteiger charge is 2.14. The first-order valence-corrected chi connectivity index (χ1v) is 5.42. The lowest BCUT2D eigenvalue weighted by atomic mass is 10.2. The van der Waals surface area contributed by atoms with E-state index in [-0.39, 0.29) is 6.04 Å². The highest BCUT2D eigenvalue weighted by atomic mass is 16.5. The molecule has 0 fully saturated rings. The Kier molecular flexibility index (Phi) is 5.99. The molecule has 16 heavy (non-hydrogen) atoms. The SMILES string of the molecule is CCOCc1noc(C(N)CCCOC)n1. The van der Waals surface area contributed by atoms with Gasteiger partial charge in [0.1, 0.15) is 6.61 Å². The van der Waals surface area contributed by atoms with Gasteiger partial charge in [-0.1, -0.05) is 5.16 Å². The molecule has 92 valence electrons. The van der Waals surface area contributed by atoms with Crippen LogP contribution in [0.3, 0.4) is 0 Å². The number of methoxy groups -OCH3 is 1. The van der Waals surface area contributed by atoms with E-state index in [1.165, 1.54) is 0 Å². The average molecular weight is 229 g/mol. The number of hydrogen-bond donors (Lipinski definition) is 1. The smallest absolute Gasteiger partial charge is 0.243 e. The van der Waals surface area contributed by atoms with E-state index in [9.17, 15) is 0 Å². The molecule has 2 N–H and O–H groups in total. The van der Waals surface area contributed by atoms with E-state index in [1.807, 2.05) is 6.92 Å². The quantitative estimate of drug-likeness (QED) is 0.670. The summed E-state index contributed by atoms with van der Waals surface area (Å²) in [5, 5.41) is 3.78. The molecule has 0 aliphatic heterocycles. The van der Waals surface area contributed by atoms with Gasteiger partial charge in [-0.2, -0.15) is 4.98 Å². The van der Waals surface area contributed by atoms with Gasteiger partial charge in [0.05, 0.1) is 6.04 Å². The molecule has 0 aromatic carbocycles. The van der Waals surface area contributed by atoms with Gasteiger partial charge in [-0.25, -0.2) is 0 Å². The molecule has 0 amide bonds. The van der Waals surface area contributed by atoms with Gasteiger partial charge in [0, 0.05) is 20.3 Å². The number of rotatable bonds is 8. The minimum Gasteiger partial charge on any atom is -0.385 e. The van der Waals surface area contributed by atoms with Gasteiger partial charge in [0.15, 0.2) is 5.82 Å². The molecule has 1 aromatic heterocycles. The van der Waals surface area contributed by atoms with E-state index in [0.717, 1.165) is 12.8 Å². The molecule has 1 aromatic rings. The summed E-state index contributed by atoms with van der Waals surface area (Å²) >= 11 is 0. The van der Waals surface area contributed by atoms with Gasteiger partial charge in [0.25, 0.3) is 0 Å². The first-order valence-electron chi connectivity index (χ1n) is 5.42. The average Bonchev–Trinajstić information content (AvgIpc) is 2.75. The molecule has 0 aliphatic carbocycles. The van der Waals surface area contributed by atoms with Crippen LogP contribution in [0.2, 0.25) is 0 Å². The maximum atomic E-state index is 5.89. The number of aromatic nitrogens is 2. The maximum absolute atomic E-state index is 5.89. The first-order chi connectivity index (χ1) is 7.77. The van der Waals surface area contributed by atoms with Crippen molar-refractivity contribution in [2.24, 2.45) is 5.73 Å². The maximum Gasteiger partial charge on any atom is 0.243 e. The Morgan fingerprint density at radius 1 is 1.50 bits per heavy atom. The monoisotopic (exact) mass is 229 g/mol. The van der Waals surface area contributed by atoms with E-state index in [0.29, 0.717) is 31.5 Å². The van der Waals surface area contributed by atoms with Crippen molar-refractivity contribution in [3.05, 3.63) is 11.7 Å². The summed E-state index contributed by atoms with van der Waals surface area (Å²) in [4.78, 5) is 4.16. The second-order valence-electron chi connectivity index (χ2n) is 3.43. The summed E-state index contributed by atoms with van der Waals surface area (Å²) in [5.41, 5.74) is 5.89. The van der Waals surface area contributed by atoms with Crippen LogP contribution in [0.25, 0.3) is 0 Å². The minimum atomic E-state index is -0.224. The fraction of sp³-hybridized carbons (Fsp3) is 0.800. The van der Waals surface area contributed by atoms with Crippen LogP contribution in [0.4, 0.5) is 0 Å². The van der Waals surface area contributed by atoms with Crippen LogP contribution in [0.5, 0.6) is 0 Å². The normalized spacial score (nSPS) is 12.9. The third-order valence-corrected chi connectivity index (χ3v) is 2.10. The Morgan fingerprint density at radius 2 is 2.31 bits per heavy atom. The summed E-state index contributed by atoms with van der Waals surface area (Å²) in [7, 11) is 1.67. The number of nitrogens with zero attached hydrogens (tertiary/aromatic N) is 2. The largest absolute Gasteiger partial charge is 0.385 e. The molecule has 1 heterocycles. The summed E-state index contributed by atoms with van der Waals surface area (Å²) in [6, 6.07) is -0.224. The second kappa shape index (κ2) is 7.32. The van der Waals surface area contributed by atoms with Gasteiger partial charge in [-0.3, -0.25) is 0 Å². The third-order valence-electron chi connectivity index (χ3n) is 2.10. The lowest BCUT2D eigenvalue weighted by molar-refractivity contribution is 0.126. The summed E-state index contributed by atoms with van der Waals surface area (Å²) < 4.78 is 15.2. The van der Waals surface area contributed by atoms with E-state index >= 15 is 0 Å². The van der Waals surface area contributed by atoms with Gasteiger partial charge in [0.2, 0.25) is 5.89 Å². The van der Waals surface area contributed by atoms with Gasteiger partial charge >= 0.3 is 0 Å². The third kappa shape index (κ3) is 4.26. The van der Waals surface area contributed by atoms with Gasteiger partial charge < -0.3 is 19.7 Å². The number of ether oxygens (including phenoxy) is 2. The zero-order chi connectivity index (χ0) is 11.8. The fourth-order valence-corrected chi connectivity index (χ4v) is 1.24. The van der Waals surface area contributed by atoms with Gasteiger partial charge in [-0.15, -0.1) is 0 Å². The summed E-state index contributed by atoms with van der Waals surface area (Å²) in [5.74, 6) is 1.00. The standard InChI is InChI=1S/C10H19N3O3/c1-3-15-7-9-12-10(16-13-9)8(11)5-4-6-14-2/h8H,3-7,11H2,1-2H3. The van der Waals surface area contributed by atoms with Crippen LogP contribution >= 0.6 is 0 Å². The van der Waals surface area contributed by atoms with Crippen molar-refractivity contribution in [2.45, 2.75) is 32.4 Å². The Labute approximate surface area is 95.1 Å². The molecular weight excluding hydrogens is 210 g/mol. The molecule has 1 atom stereocenters. The van der Waals surface area contributed by atoms with Crippen molar-refractivity contribution < 1.29 is 14.0 Å². The molecule has 0 radical (unpaired) electrons. The fourth-order valence-electron chi connectivity index (χ4n) is 1.24. The molecule has 6 heteroatoms. The molecule has 1 unspecified atom stereocenters.